The second kappa shape index (κ2) is 5.46. The van der Waals surface area contributed by atoms with Crippen molar-refractivity contribution in [2.75, 3.05) is 6.54 Å². The third-order valence-electron chi connectivity index (χ3n) is 2.99. The molecule has 2 heterocycles. The van der Waals surface area contributed by atoms with Gasteiger partial charge in [-0.15, -0.1) is 6.42 Å². The number of terminal acetylenes is 1. The highest BCUT2D eigenvalue weighted by Gasteiger charge is 2.19. The zero-order chi connectivity index (χ0) is 15.7. The van der Waals surface area contributed by atoms with Crippen LogP contribution in [0.1, 0.15) is 0 Å². The zero-order valence-corrected chi connectivity index (χ0v) is 12.1. The Bertz CT molecular complexity index is 883. The number of nitrogens with zero attached hydrogens (tertiary/aromatic N) is 4. The quantitative estimate of drug-likeness (QED) is 0.572. The second-order valence-electron chi connectivity index (χ2n) is 4.33. The molecule has 8 nitrogen and oxygen atoms in total. The van der Waals surface area contributed by atoms with Crippen molar-refractivity contribution < 1.29 is 4.79 Å². The molecule has 0 saturated carbocycles. The highest BCUT2D eigenvalue weighted by Crippen LogP contribution is 2.15. The Morgan fingerprint density at radius 1 is 1.38 bits per heavy atom. The lowest BCUT2D eigenvalue weighted by Crippen LogP contribution is -2.38. The third-order valence-corrected chi connectivity index (χ3v) is 3.28. The highest BCUT2D eigenvalue weighted by atomic mass is 35.5. The van der Waals surface area contributed by atoms with Crippen LogP contribution in [0, 0.1) is 12.3 Å². The van der Waals surface area contributed by atoms with E-state index in [0.29, 0.717) is 0 Å². The first-order chi connectivity index (χ1) is 9.88. The summed E-state index contributed by atoms with van der Waals surface area (Å²) in [4.78, 5) is 39.7. The van der Waals surface area contributed by atoms with Crippen molar-refractivity contribution in [2.45, 2.75) is 6.54 Å². The van der Waals surface area contributed by atoms with Crippen molar-refractivity contribution in [3.05, 3.63) is 26.1 Å². The van der Waals surface area contributed by atoms with Gasteiger partial charge in [-0.3, -0.25) is 23.3 Å². The first-order valence-electron chi connectivity index (χ1n) is 5.90. The molecule has 0 unspecified atom stereocenters. The summed E-state index contributed by atoms with van der Waals surface area (Å²) in [5.74, 6) is 1.85. The van der Waals surface area contributed by atoms with Crippen molar-refractivity contribution in [2.24, 2.45) is 14.1 Å². The summed E-state index contributed by atoms with van der Waals surface area (Å²) in [6.45, 7) is -0.149. The smallest absolute Gasteiger partial charge is 0.332 e. The van der Waals surface area contributed by atoms with Crippen LogP contribution in [-0.4, -0.2) is 31.1 Å². The standard InChI is InChI=1S/C12H12ClN5O3/c1-4-5-14-7(19)6-18-8-9(15-11(18)13)16(2)12(21)17(3)10(8)20/h1H,5-6H2,2-3H3,(H,14,19). The van der Waals surface area contributed by atoms with E-state index in [4.69, 9.17) is 18.0 Å². The van der Waals surface area contributed by atoms with Gasteiger partial charge in [0.05, 0.1) is 6.54 Å². The van der Waals surface area contributed by atoms with Crippen molar-refractivity contribution in [3.8, 4) is 12.3 Å². The second-order valence-corrected chi connectivity index (χ2v) is 4.66. The summed E-state index contributed by atoms with van der Waals surface area (Å²) in [6.07, 6.45) is 5.05. The van der Waals surface area contributed by atoms with E-state index < -0.39 is 17.2 Å². The lowest BCUT2D eigenvalue weighted by molar-refractivity contribution is -0.121. The van der Waals surface area contributed by atoms with E-state index in [2.05, 4.69) is 16.2 Å². The molecule has 0 aliphatic carbocycles. The van der Waals surface area contributed by atoms with Gasteiger partial charge in [-0.05, 0) is 11.6 Å². The molecule has 0 spiro atoms. The van der Waals surface area contributed by atoms with Gasteiger partial charge >= 0.3 is 5.69 Å². The molecule has 2 rings (SSSR count). The molecule has 0 saturated heterocycles. The predicted molar refractivity (Wildman–Crippen MR) is 77.1 cm³/mol. The highest BCUT2D eigenvalue weighted by molar-refractivity contribution is 6.29. The molecule has 9 heteroatoms. The van der Waals surface area contributed by atoms with Crippen molar-refractivity contribution >= 4 is 28.7 Å². The molecule has 2 aromatic rings. The number of aromatic nitrogens is 4. The van der Waals surface area contributed by atoms with E-state index in [1.165, 1.54) is 23.2 Å². The normalized spacial score (nSPS) is 10.6. The Kier molecular flexibility index (Phi) is 3.86. The minimum Gasteiger partial charge on any atom is -0.344 e. The maximum Gasteiger partial charge on any atom is 0.332 e. The monoisotopic (exact) mass is 309 g/mol. The number of aryl methyl sites for hydroxylation is 1. The Morgan fingerprint density at radius 3 is 2.67 bits per heavy atom. The number of amides is 1. The fourth-order valence-corrected chi connectivity index (χ4v) is 2.14. The summed E-state index contributed by atoms with van der Waals surface area (Å²) in [5.41, 5.74) is -0.888. The molecular formula is C12H12ClN5O3. The number of hydrogen-bond donors (Lipinski definition) is 1. The fraction of sp³-hybridized carbons (Fsp3) is 0.333. The first-order valence-corrected chi connectivity index (χ1v) is 6.28. The predicted octanol–water partition coefficient (Wildman–Crippen LogP) is -1.16. The van der Waals surface area contributed by atoms with Gasteiger partial charge in [0.25, 0.3) is 5.56 Å². The van der Waals surface area contributed by atoms with Crippen LogP contribution in [0.5, 0.6) is 0 Å². The maximum atomic E-state index is 12.2. The Balaban J connectivity index is 2.64. The molecule has 21 heavy (non-hydrogen) atoms. The average molecular weight is 310 g/mol. The molecule has 0 atom stereocenters. The zero-order valence-electron chi connectivity index (χ0n) is 11.4. The van der Waals surface area contributed by atoms with Gasteiger partial charge in [-0.2, -0.15) is 4.98 Å². The van der Waals surface area contributed by atoms with Crippen LogP contribution in [0.15, 0.2) is 9.59 Å². The molecule has 0 aliphatic rings. The van der Waals surface area contributed by atoms with Crippen LogP contribution in [0.3, 0.4) is 0 Å². The Morgan fingerprint density at radius 2 is 2.05 bits per heavy atom. The van der Waals surface area contributed by atoms with Crippen molar-refractivity contribution in [1.29, 1.82) is 0 Å². The summed E-state index contributed by atoms with van der Waals surface area (Å²) >= 11 is 5.96. The van der Waals surface area contributed by atoms with Crippen molar-refractivity contribution in [3.63, 3.8) is 0 Å². The molecule has 0 radical (unpaired) electrons. The third kappa shape index (κ3) is 2.43. The van der Waals surface area contributed by atoms with Crippen LogP contribution in [0.25, 0.3) is 11.2 Å². The molecule has 0 fully saturated rings. The lowest BCUT2D eigenvalue weighted by Gasteiger charge is -2.07. The minimum absolute atomic E-state index is 0.0563. The van der Waals surface area contributed by atoms with Crippen LogP contribution in [0.4, 0.5) is 0 Å². The van der Waals surface area contributed by atoms with Gasteiger partial charge in [-0.1, -0.05) is 5.92 Å². The molecule has 0 aliphatic heterocycles. The van der Waals surface area contributed by atoms with E-state index in [1.807, 2.05) is 0 Å². The first kappa shape index (κ1) is 14.9. The Labute approximate surface area is 124 Å². The minimum atomic E-state index is -0.572. The molecule has 2 aromatic heterocycles. The van der Waals surface area contributed by atoms with Gasteiger partial charge in [-0.25, -0.2) is 4.79 Å². The molecule has 1 N–H and O–H groups in total. The van der Waals surface area contributed by atoms with Crippen LogP contribution in [-0.2, 0) is 25.4 Å². The van der Waals surface area contributed by atoms with E-state index in [-0.39, 0.29) is 29.5 Å². The number of rotatable bonds is 3. The number of halogens is 1. The van der Waals surface area contributed by atoms with Crippen LogP contribution in [0.2, 0.25) is 5.28 Å². The SMILES string of the molecule is C#CCNC(=O)Cn1c(Cl)nc2c1c(=O)n(C)c(=O)n2C. The van der Waals surface area contributed by atoms with E-state index in [1.54, 1.807) is 0 Å². The molecule has 0 bridgehead atoms. The number of imidazole rings is 1. The van der Waals surface area contributed by atoms with E-state index in [9.17, 15) is 14.4 Å². The van der Waals surface area contributed by atoms with Gasteiger partial charge < -0.3 is 5.32 Å². The van der Waals surface area contributed by atoms with E-state index in [0.717, 1.165) is 4.57 Å². The number of nitrogens with one attached hydrogen (secondary N) is 1. The number of carbonyl (C=O) groups excluding carboxylic acids is 1. The van der Waals surface area contributed by atoms with Gasteiger partial charge in [0.15, 0.2) is 11.2 Å². The van der Waals surface area contributed by atoms with Crippen LogP contribution < -0.4 is 16.6 Å². The number of hydrogen-bond acceptors (Lipinski definition) is 4. The van der Waals surface area contributed by atoms with E-state index >= 15 is 0 Å². The van der Waals surface area contributed by atoms with Gasteiger partial charge in [0, 0.05) is 14.1 Å². The van der Waals surface area contributed by atoms with Crippen LogP contribution >= 0.6 is 11.6 Å². The molecule has 1 amide bonds. The Hall–Kier alpha value is -2.53. The summed E-state index contributed by atoms with van der Waals surface area (Å²) in [7, 11) is 2.81. The summed E-state index contributed by atoms with van der Waals surface area (Å²) in [6, 6.07) is 0. The van der Waals surface area contributed by atoms with Crippen molar-refractivity contribution in [1.82, 2.24) is 24.0 Å². The lowest BCUT2D eigenvalue weighted by atomic mass is 10.4. The van der Waals surface area contributed by atoms with Gasteiger partial charge in [0.2, 0.25) is 11.2 Å². The molecular weight excluding hydrogens is 298 g/mol. The largest absolute Gasteiger partial charge is 0.344 e. The molecule has 110 valence electrons. The fourth-order valence-electron chi connectivity index (χ4n) is 1.91. The number of carbonyl (C=O) groups is 1. The summed E-state index contributed by atoms with van der Waals surface area (Å²) in [5, 5.41) is 2.41. The summed E-state index contributed by atoms with van der Waals surface area (Å²) < 4.78 is 3.36. The topological polar surface area (TPSA) is 90.9 Å². The number of fused-ring (bicyclic) bond motifs is 1. The maximum absolute atomic E-state index is 12.2. The molecule has 0 aromatic carbocycles. The average Bonchev–Trinajstić information content (AvgIpc) is 2.78. The van der Waals surface area contributed by atoms with Gasteiger partial charge in [0.1, 0.15) is 6.54 Å².